The van der Waals surface area contributed by atoms with E-state index in [1.165, 1.54) is 22.3 Å². The molecular formula is C23H30O. The van der Waals surface area contributed by atoms with Gasteiger partial charge in [0.1, 0.15) is 5.78 Å². The highest BCUT2D eigenvalue weighted by Gasteiger charge is 2.42. The summed E-state index contributed by atoms with van der Waals surface area (Å²) in [4.78, 5) is 12.0. The molecule has 2 aliphatic carbocycles. The average Bonchev–Trinajstić information content (AvgIpc) is 2.95. The summed E-state index contributed by atoms with van der Waals surface area (Å²) in [6, 6.07) is 17.5. The monoisotopic (exact) mass is 322 g/mol. The smallest absolute Gasteiger partial charge is 0.133 e. The first-order valence-electron chi connectivity index (χ1n) is 9.44. The zero-order valence-electron chi connectivity index (χ0n) is 15.6. The van der Waals surface area contributed by atoms with Gasteiger partial charge in [-0.25, -0.2) is 0 Å². The molecule has 1 saturated carbocycles. The van der Waals surface area contributed by atoms with Crippen LogP contribution in [0, 0.1) is 0 Å². The van der Waals surface area contributed by atoms with Gasteiger partial charge < -0.3 is 0 Å². The Balaban J connectivity index is 0.000000487. The molecule has 0 saturated heterocycles. The highest BCUT2D eigenvalue weighted by Crippen LogP contribution is 2.46. The maximum Gasteiger partial charge on any atom is 0.133 e. The van der Waals surface area contributed by atoms with Crippen LogP contribution in [0.2, 0.25) is 0 Å². The molecule has 24 heavy (non-hydrogen) atoms. The number of fused-ring (bicyclic) bond motifs is 3. The summed E-state index contributed by atoms with van der Waals surface area (Å²) in [7, 11) is 0. The van der Waals surface area contributed by atoms with Crippen LogP contribution in [0.5, 0.6) is 0 Å². The highest BCUT2D eigenvalue weighted by molar-refractivity contribution is 5.83. The van der Waals surface area contributed by atoms with Crippen LogP contribution < -0.4 is 0 Å². The zero-order valence-corrected chi connectivity index (χ0v) is 15.6. The van der Waals surface area contributed by atoms with Gasteiger partial charge in [0.15, 0.2) is 0 Å². The number of rotatable bonds is 0. The Morgan fingerprint density at radius 2 is 1.33 bits per heavy atom. The fraction of sp³-hybridized carbons (Fsp3) is 0.435. The van der Waals surface area contributed by atoms with E-state index in [0.29, 0.717) is 5.78 Å². The lowest BCUT2D eigenvalue weighted by atomic mass is 9.74. The van der Waals surface area contributed by atoms with Crippen LogP contribution >= 0.6 is 0 Å². The number of hydrogen-bond acceptors (Lipinski definition) is 1. The molecule has 4 rings (SSSR count). The second-order valence-corrected chi connectivity index (χ2v) is 6.28. The van der Waals surface area contributed by atoms with E-state index < -0.39 is 0 Å². The topological polar surface area (TPSA) is 17.1 Å². The third-order valence-electron chi connectivity index (χ3n) is 5.03. The molecule has 0 N–H and O–H groups in total. The molecule has 128 valence electrons. The summed E-state index contributed by atoms with van der Waals surface area (Å²) in [6.45, 7) is 8.00. The summed E-state index contributed by atoms with van der Waals surface area (Å²) in [5, 5.41) is 0. The normalized spacial score (nSPS) is 20.8. The summed E-state index contributed by atoms with van der Waals surface area (Å²) in [6.07, 6.45) is 4.50. The molecule has 0 aliphatic heterocycles. The van der Waals surface area contributed by atoms with Gasteiger partial charge in [0.25, 0.3) is 0 Å². The molecular weight excluding hydrogens is 292 g/mol. The molecule has 0 bridgehead atoms. The Morgan fingerprint density at radius 3 is 1.96 bits per heavy atom. The lowest BCUT2D eigenvalue weighted by Gasteiger charge is -2.29. The van der Waals surface area contributed by atoms with Gasteiger partial charge in [-0.05, 0) is 41.5 Å². The van der Waals surface area contributed by atoms with Gasteiger partial charge in [0, 0.05) is 18.3 Å². The second kappa shape index (κ2) is 8.28. The maximum atomic E-state index is 12.0. The minimum absolute atomic E-state index is 0.0558. The molecule has 1 spiro atoms. The minimum Gasteiger partial charge on any atom is -0.300 e. The number of benzene rings is 2. The minimum atomic E-state index is 0.0558. The first-order valence-corrected chi connectivity index (χ1v) is 9.44. The number of hydrogen-bond donors (Lipinski definition) is 0. The van der Waals surface area contributed by atoms with Crippen molar-refractivity contribution in [3.63, 3.8) is 0 Å². The molecule has 2 aromatic carbocycles. The van der Waals surface area contributed by atoms with Crippen molar-refractivity contribution in [2.75, 3.05) is 0 Å². The lowest BCUT2D eigenvalue weighted by Crippen LogP contribution is -2.26. The van der Waals surface area contributed by atoms with Gasteiger partial charge in [-0.1, -0.05) is 76.2 Å². The molecule has 0 aromatic heterocycles. The Kier molecular flexibility index (Phi) is 6.36. The van der Waals surface area contributed by atoms with E-state index in [9.17, 15) is 4.79 Å². The van der Waals surface area contributed by atoms with Crippen molar-refractivity contribution in [1.82, 2.24) is 0 Å². The van der Waals surface area contributed by atoms with Gasteiger partial charge >= 0.3 is 0 Å². The van der Waals surface area contributed by atoms with Crippen molar-refractivity contribution in [2.45, 2.75) is 65.2 Å². The van der Waals surface area contributed by atoms with Crippen LogP contribution in [0.15, 0.2) is 48.5 Å². The SMILES string of the molecule is CC.CC.O=C1CCC2(C1)Cc1ccccc1Cc1ccccc12. The van der Waals surface area contributed by atoms with E-state index in [1.807, 2.05) is 27.7 Å². The van der Waals surface area contributed by atoms with Crippen LogP contribution in [-0.4, -0.2) is 5.78 Å². The molecule has 0 amide bonds. The lowest BCUT2D eigenvalue weighted by molar-refractivity contribution is -0.117. The summed E-state index contributed by atoms with van der Waals surface area (Å²) in [5.74, 6) is 0.430. The number of ketones is 1. The van der Waals surface area contributed by atoms with Gasteiger partial charge in [-0.3, -0.25) is 4.79 Å². The third kappa shape index (κ3) is 3.45. The van der Waals surface area contributed by atoms with E-state index in [-0.39, 0.29) is 5.41 Å². The highest BCUT2D eigenvalue weighted by atomic mass is 16.1. The van der Waals surface area contributed by atoms with Gasteiger partial charge in [0.2, 0.25) is 0 Å². The molecule has 1 fully saturated rings. The van der Waals surface area contributed by atoms with E-state index in [4.69, 9.17) is 0 Å². The van der Waals surface area contributed by atoms with Crippen LogP contribution in [0.4, 0.5) is 0 Å². The zero-order chi connectivity index (χ0) is 17.6. The van der Waals surface area contributed by atoms with Crippen molar-refractivity contribution in [1.29, 1.82) is 0 Å². The van der Waals surface area contributed by atoms with Gasteiger partial charge in [-0.2, -0.15) is 0 Å². The van der Waals surface area contributed by atoms with Crippen molar-refractivity contribution < 1.29 is 4.79 Å². The summed E-state index contributed by atoms with van der Waals surface area (Å²) < 4.78 is 0. The number of carbonyl (C=O) groups excluding carboxylic acids is 1. The Bertz CT molecular complexity index is 686. The molecule has 1 unspecified atom stereocenters. The number of Topliss-reactive ketones (excluding diaryl/α,β-unsaturated/α-hetero) is 1. The quantitative estimate of drug-likeness (QED) is 0.592. The van der Waals surface area contributed by atoms with Crippen molar-refractivity contribution in [3.8, 4) is 0 Å². The van der Waals surface area contributed by atoms with E-state index >= 15 is 0 Å². The largest absolute Gasteiger partial charge is 0.300 e. The second-order valence-electron chi connectivity index (χ2n) is 6.28. The van der Waals surface area contributed by atoms with Crippen LogP contribution in [-0.2, 0) is 23.1 Å². The van der Waals surface area contributed by atoms with Gasteiger partial charge in [-0.15, -0.1) is 0 Å². The first-order chi connectivity index (χ1) is 11.8. The van der Waals surface area contributed by atoms with Crippen molar-refractivity contribution in [2.24, 2.45) is 0 Å². The number of carbonyl (C=O) groups is 1. The predicted octanol–water partition coefficient (Wildman–Crippen LogP) is 5.88. The molecule has 0 heterocycles. The molecule has 2 aliphatic rings. The van der Waals surface area contributed by atoms with Crippen LogP contribution in [0.25, 0.3) is 0 Å². The van der Waals surface area contributed by atoms with Crippen LogP contribution in [0.1, 0.15) is 69.2 Å². The van der Waals surface area contributed by atoms with E-state index in [0.717, 1.165) is 32.1 Å². The molecule has 1 atom stereocenters. The maximum absolute atomic E-state index is 12.0. The average molecular weight is 322 g/mol. The predicted molar refractivity (Wildman–Crippen MR) is 103 cm³/mol. The molecule has 2 aromatic rings. The van der Waals surface area contributed by atoms with Crippen molar-refractivity contribution >= 4 is 5.78 Å². The van der Waals surface area contributed by atoms with E-state index in [2.05, 4.69) is 48.5 Å². The fourth-order valence-corrected chi connectivity index (χ4v) is 4.07. The van der Waals surface area contributed by atoms with E-state index in [1.54, 1.807) is 0 Å². The standard InChI is InChI=1S/C19H18O.2C2H6/c20-17-9-10-19(13-17)12-16-7-2-1-5-14(16)11-15-6-3-4-8-18(15)19;2*1-2/h1-8H,9-13H2;2*1-2H3. The summed E-state index contributed by atoms with van der Waals surface area (Å²) >= 11 is 0. The molecule has 1 heteroatoms. The molecule has 0 radical (unpaired) electrons. The van der Waals surface area contributed by atoms with Gasteiger partial charge in [0.05, 0.1) is 0 Å². The Hall–Kier alpha value is -1.89. The third-order valence-corrected chi connectivity index (χ3v) is 5.03. The first kappa shape index (κ1) is 18.4. The molecule has 1 nitrogen and oxygen atoms in total. The summed E-state index contributed by atoms with van der Waals surface area (Å²) in [5.41, 5.74) is 5.74. The van der Waals surface area contributed by atoms with Crippen LogP contribution in [0.3, 0.4) is 0 Å². The van der Waals surface area contributed by atoms with Crippen molar-refractivity contribution in [3.05, 3.63) is 70.8 Å². The Morgan fingerprint density at radius 1 is 0.750 bits per heavy atom. The fourth-order valence-electron chi connectivity index (χ4n) is 4.07. The Labute approximate surface area is 147 Å².